The summed E-state index contributed by atoms with van der Waals surface area (Å²) in [4.78, 5) is 5.32. The molecule has 32 heavy (non-hydrogen) atoms. The maximum absolute atomic E-state index is 14.7. The molecule has 6 heteroatoms. The number of hydrogen-bond acceptors (Lipinski definition) is 5. The van der Waals surface area contributed by atoms with E-state index in [0.29, 0.717) is 24.3 Å². The van der Waals surface area contributed by atoms with Gasteiger partial charge in [-0.25, -0.2) is 4.39 Å². The first kappa shape index (κ1) is 24.4. The summed E-state index contributed by atoms with van der Waals surface area (Å²) in [5.74, 6) is 1.44. The van der Waals surface area contributed by atoms with Crippen molar-refractivity contribution >= 4 is 0 Å². The standard InChI is InChI=1S/C24H39FN4O.C2H6/c25-22-12-19(4-5-20(22)13-26)21-11-18(3-6-23(21)29-8-1-2-9-29)14-28-16-24(17-28)15-27-7-10-30-24;1-2/h18-23,27H,1-12,14-17H2;1-2H3. The van der Waals surface area contributed by atoms with Gasteiger partial charge in [-0.1, -0.05) is 13.8 Å². The van der Waals surface area contributed by atoms with Crippen molar-refractivity contribution in [3.63, 3.8) is 0 Å². The van der Waals surface area contributed by atoms with Gasteiger partial charge in [0.05, 0.1) is 18.6 Å². The number of alkyl halides is 1. The van der Waals surface area contributed by atoms with E-state index in [0.717, 1.165) is 51.5 Å². The van der Waals surface area contributed by atoms with Gasteiger partial charge >= 0.3 is 0 Å². The van der Waals surface area contributed by atoms with Crippen molar-refractivity contribution in [1.29, 1.82) is 5.26 Å². The summed E-state index contributed by atoms with van der Waals surface area (Å²) in [6.45, 7) is 12.6. The molecule has 1 N–H and O–H groups in total. The predicted molar refractivity (Wildman–Crippen MR) is 126 cm³/mol. The van der Waals surface area contributed by atoms with Crippen LogP contribution in [0.15, 0.2) is 0 Å². The third-order valence-electron chi connectivity index (χ3n) is 8.84. The van der Waals surface area contributed by atoms with Crippen LogP contribution in [-0.4, -0.2) is 80.0 Å². The number of morpholine rings is 1. The van der Waals surface area contributed by atoms with Crippen molar-refractivity contribution in [2.45, 2.75) is 83.0 Å². The third-order valence-corrected chi connectivity index (χ3v) is 8.84. The zero-order chi connectivity index (χ0) is 22.6. The molecule has 3 heterocycles. The SMILES string of the molecule is CC.N#CC1CCC(C2CC(CN3CC4(CNCCO4)C3)CCC2N2CCCC2)CC1F. The van der Waals surface area contributed by atoms with Crippen LogP contribution < -0.4 is 5.32 Å². The van der Waals surface area contributed by atoms with Gasteiger partial charge in [-0.3, -0.25) is 4.90 Å². The monoisotopic (exact) mass is 448 g/mol. The molecule has 5 rings (SSSR count). The second-order valence-corrected chi connectivity index (χ2v) is 10.9. The molecular formula is C26H45FN4O. The van der Waals surface area contributed by atoms with Crippen LogP contribution in [0.2, 0.25) is 0 Å². The van der Waals surface area contributed by atoms with Crippen molar-refractivity contribution in [1.82, 2.24) is 15.1 Å². The second kappa shape index (κ2) is 11.1. The van der Waals surface area contributed by atoms with Crippen molar-refractivity contribution in [3.05, 3.63) is 0 Å². The minimum absolute atomic E-state index is 0.0710. The van der Waals surface area contributed by atoms with Gasteiger partial charge in [0.2, 0.25) is 0 Å². The number of ether oxygens (including phenoxy) is 1. The van der Waals surface area contributed by atoms with Crippen LogP contribution in [0.4, 0.5) is 4.39 Å². The molecule has 5 fully saturated rings. The van der Waals surface area contributed by atoms with Gasteiger partial charge in [-0.05, 0) is 82.2 Å². The minimum Gasteiger partial charge on any atom is -0.370 e. The van der Waals surface area contributed by atoms with Gasteiger partial charge in [0.25, 0.3) is 0 Å². The molecule has 0 aromatic heterocycles. The topological polar surface area (TPSA) is 51.5 Å². The van der Waals surface area contributed by atoms with Crippen molar-refractivity contribution < 1.29 is 9.13 Å². The number of halogens is 1. The lowest BCUT2D eigenvalue weighted by molar-refractivity contribution is -0.160. The maximum atomic E-state index is 14.7. The Hall–Kier alpha value is -0.740. The number of rotatable bonds is 4. The lowest BCUT2D eigenvalue weighted by Crippen LogP contribution is -2.70. The fourth-order valence-electron chi connectivity index (χ4n) is 7.33. The summed E-state index contributed by atoms with van der Waals surface area (Å²) in [5, 5.41) is 12.7. The summed E-state index contributed by atoms with van der Waals surface area (Å²) < 4.78 is 20.7. The van der Waals surface area contributed by atoms with Crippen LogP contribution in [0.5, 0.6) is 0 Å². The highest BCUT2D eigenvalue weighted by molar-refractivity contribution is 5.03. The van der Waals surface area contributed by atoms with Gasteiger partial charge in [-0.2, -0.15) is 5.26 Å². The van der Waals surface area contributed by atoms with E-state index < -0.39 is 6.17 Å². The molecular weight excluding hydrogens is 403 g/mol. The van der Waals surface area contributed by atoms with Crippen LogP contribution in [-0.2, 0) is 4.74 Å². The smallest absolute Gasteiger partial charge is 0.116 e. The Morgan fingerprint density at radius 1 is 1.09 bits per heavy atom. The normalized spacial score (nSPS) is 40.2. The van der Waals surface area contributed by atoms with Crippen LogP contribution in [0.1, 0.15) is 65.2 Å². The lowest BCUT2D eigenvalue weighted by atomic mass is 9.65. The zero-order valence-electron chi connectivity index (χ0n) is 20.4. The van der Waals surface area contributed by atoms with Gasteiger partial charge in [-0.15, -0.1) is 0 Å². The van der Waals surface area contributed by atoms with E-state index in [1.54, 1.807) is 0 Å². The van der Waals surface area contributed by atoms with Gasteiger partial charge in [0, 0.05) is 38.8 Å². The number of likely N-dealkylation sites (tertiary alicyclic amines) is 2. The van der Waals surface area contributed by atoms with Crippen molar-refractivity contribution in [2.24, 2.45) is 23.7 Å². The minimum atomic E-state index is -0.917. The summed E-state index contributed by atoms with van der Waals surface area (Å²) >= 11 is 0. The van der Waals surface area contributed by atoms with E-state index in [9.17, 15) is 9.65 Å². The Balaban J connectivity index is 0.00000119. The first-order valence-electron chi connectivity index (χ1n) is 13.5. The molecule has 6 atom stereocenters. The van der Waals surface area contributed by atoms with Crippen LogP contribution in [0, 0.1) is 35.0 Å². The average Bonchev–Trinajstić information content (AvgIpc) is 3.35. The molecule has 2 saturated carbocycles. The van der Waals surface area contributed by atoms with Crippen LogP contribution >= 0.6 is 0 Å². The average molecular weight is 449 g/mol. The van der Waals surface area contributed by atoms with E-state index in [2.05, 4.69) is 21.2 Å². The number of nitrogens with zero attached hydrogens (tertiary/aromatic N) is 3. The van der Waals surface area contributed by atoms with Gasteiger partial charge in [0.15, 0.2) is 0 Å². The summed E-state index contributed by atoms with van der Waals surface area (Å²) in [6.07, 6.45) is 7.99. The largest absolute Gasteiger partial charge is 0.370 e. The number of nitriles is 1. The van der Waals surface area contributed by atoms with E-state index in [1.165, 1.54) is 51.7 Å². The predicted octanol–water partition coefficient (Wildman–Crippen LogP) is 3.85. The molecule has 0 radical (unpaired) electrons. The molecule has 5 nitrogen and oxygen atoms in total. The molecule has 1 spiro atoms. The lowest BCUT2D eigenvalue weighted by Gasteiger charge is -2.53. The zero-order valence-corrected chi connectivity index (χ0v) is 20.4. The Kier molecular flexibility index (Phi) is 8.48. The molecule has 0 aromatic carbocycles. The van der Waals surface area contributed by atoms with Crippen molar-refractivity contribution in [2.75, 3.05) is 52.4 Å². The van der Waals surface area contributed by atoms with Crippen LogP contribution in [0.25, 0.3) is 0 Å². The summed E-state index contributed by atoms with van der Waals surface area (Å²) in [5.41, 5.74) is 0.0710. The fraction of sp³-hybridized carbons (Fsp3) is 0.962. The Morgan fingerprint density at radius 3 is 2.53 bits per heavy atom. The second-order valence-electron chi connectivity index (χ2n) is 10.9. The Bertz CT molecular complexity index is 620. The van der Waals surface area contributed by atoms with E-state index in [-0.39, 0.29) is 11.5 Å². The maximum Gasteiger partial charge on any atom is 0.116 e. The molecule has 3 aliphatic heterocycles. The highest BCUT2D eigenvalue weighted by atomic mass is 19.1. The van der Waals surface area contributed by atoms with E-state index >= 15 is 0 Å². The summed E-state index contributed by atoms with van der Waals surface area (Å²) in [6, 6.07) is 2.86. The molecule has 0 bridgehead atoms. The third kappa shape index (κ3) is 5.32. The number of hydrogen-bond donors (Lipinski definition) is 1. The number of nitrogens with one attached hydrogen (secondary N) is 1. The first-order chi connectivity index (χ1) is 15.7. The molecule has 0 aromatic rings. The van der Waals surface area contributed by atoms with Crippen molar-refractivity contribution in [3.8, 4) is 6.07 Å². The molecule has 5 aliphatic rings. The van der Waals surface area contributed by atoms with Crippen LogP contribution in [0.3, 0.4) is 0 Å². The van der Waals surface area contributed by atoms with Gasteiger partial charge in [0.1, 0.15) is 11.8 Å². The molecule has 182 valence electrons. The van der Waals surface area contributed by atoms with E-state index in [1.807, 2.05) is 13.8 Å². The quantitative estimate of drug-likeness (QED) is 0.708. The first-order valence-corrected chi connectivity index (χ1v) is 13.5. The highest BCUT2D eigenvalue weighted by Gasteiger charge is 2.47. The fourth-order valence-corrected chi connectivity index (χ4v) is 7.33. The Morgan fingerprint density at radius 2 is 1.88 bits per heavy atom. The molecule has 0 amide bonds. The van der Waals surface area contributed by atoms with E-state index in [4.69, 9.17) is 4.74 Å². The highest BCUT2D eigenvalue weighted by Crippen LogP contribution is 2.45. The van der Waals surface area contributed by atoms with Gasteiger partial charge < -0.3 is 15.0 Å². The molecule has 6 unspecified atom stereocenters. The molecule has 3 saturated heterocycles. The molecule has 2 aliphatic carbocycles. The Labute approximate surface area is 195 Å². The summed E-state index contributed by atoms with van der Waals surface area (Å²) in [7, 11) is 0.